The van der Waals surface area contributed by atoms with E-state index in [4.69, 9.17) is 9.66 Å². The minimum atomic E-state index is -4.81. The number of hydrogen-bond donors (Lipinski definition) is 4. The molecule has 12 heteroatoms. The first-order chi connectivity index (χ1) is 12.0. The van der Waals surface area contributed by atoms with Crippen LogP contribution in [0.2, 0.25) is 0 Å². The Balaban J connectivity index is 2.44. The number of carbonyl (C=O) groups excluding carboxylic acids is 1. The van der Waals surface area contributed by atoms with E-state index in [1.54, 1.807) is 0 Å². The first kappa shape index (κ1) is 18.8. The van der Waals surface area contributed by atoms with Gasteiger partial charge in [0.15, 0.2) is 5.75 Å². The van der Waals surface area contributed by atoms with Gasteiger partial charge in [-0.3, -0.25) is 19.5 Å². The van der Waals surface area contributed by atoms with Crippen LogP contribution in [0.15, 0.2) is 41.3 Å². The number of nitrogens with zero attached hydrogens (tertiary/aromatic N) is 1. The summed E-state index contributed by atoms with van der Waals surface area (Å²) in [6, 6.07) is 5.50. The van der Waals surface area contributed by atoms with Crippen molar-refractivity contribution >= 4 is 33.4 Å². The number of carboxylic acids is 1. The molecule has 2 aromatic rings. The van der Waals surface area contributed by atoms with Crippen molar-refractivity contribution in [1.29, 1.82) is 0 Å². The molecule has 2 aromatic carbocycles. The van der Waals surface area contributed by atoms with Gasteiger partial charge in [-0.05, 0) is 24.3 Å². The maximum absolute atomic E-state index is 12.1. The number of benzene rings is 2. The second-order valence-electron chi connectivity index (χ2n) is 4.91. The quantitative estimate of drug-likeness (QED) is 0.257. The number of aromatic hydroxyl groups is 1. The molecule has 1 amide bonds. The molecule has 4 N–H and O–H groups in total. The molecule has 0 heterocycles. The van der Waals surface area contributed by atoms with Gasteiger partial charge in [0.1, 0.15) is 5.56 Å². The lowest BCUT2D eigenvalue weighted by Crippen LogP contribution is -2.14. The van der Waals surface area contributed by atoms with E-state index < -0.39 is 48.8 Å². The summed E-state index contributed by atoms with van der Waals surface area (Å²) in [7, 11) is -4.81. The number of carboxylic acid groups (broad SMARTS) is 1. The highest BCUT2D eigenvalue weighted by Crippen LogP contribution is 2.32. The van der Waals surface area contributed by atoms with Gasteiger partial charge in [0.25, 0.3) is 21.7 Å². The van der Waals surface area contributed by atoms with Gasteiger partial charge < -0.3 is 15.5 Å². The highest BCUT2D eigenvalue weighted by atomic mass is 32.2. The third-order valence-corrected chi connectivity index (χ3v) is 4.03. The summed E-state index contributed by atoms with van der Waals surface area (Å²) in [5, 5.41) is 31.6. The molecule has 2 rings (SSSR count). The van der Waals surface area contributed by atoms with E-state index in [1.165, 1.54) is 0 Å². The number of anilines is 1. The average Bonchev–Trinajstić information content (AvgIpc) is 2.55. The minimum Gasteiger partial charge on any atom is -0.505 e. The molecule has 0 aliphatic rings. The van der Waals surface area contributed by atoms with Crippen LogP contribution in [0.25, 0.3) is 0 Å². The van der Waals surface area contributed by atoms with Crippen LogP contribution in [0.4, 0.5) is 11.4 Å². The molecule has 0 aliphatic carbocycles. The topological polar surface area (TPSA) is 184 Å². The lowest BCUT2D eigenvalue weighted by atomic mass is 10.1. The molecule has 0 fully saturated rings. The molecule has 0 aromatic heterocycles. The normalized spacial score (nSPS) is 11.0. The molecular weight excluding hydrogens is 372 g/mol. The highest BCUT2D eigenvalue weighted by Gasteiger charge is 2.22. The fourth-order valence-corrected chi connectivity index (χ4v) is 2.48. The van der Waals surface area contributed by atoms with E-state index in [1.807, 2.05) is 0 Å². The molecule has 0 bridgehead atoms. The minimum absolute atomic E-state index is 0.0795. The molecule has 0 radical (unpaired) electrons. The predicted octanol–water partition coefficient (Wildman–Crippen LogP) is 1.50. The zero-order valence-electron chi connectivity index (χ0n) is 12.6. The van der Waals surface area contributed by atoms with E-state index in [0.717, 1.165) is 24.3 Å². The maximum Gasteiger partial charge on any atom is 0.339 e. The summed E-state index contributed by atoms with van der Waals surface area (Å²) in [6.45, 7) is 0. The Morgan fingerprint density at radius 1 is 1.12 bits per heavy atom. The molecule has 0 unspecified atom stereocenters. The Morgan fingerprint density at radius 2 is 1.69 bits per heavy atom. The molecule has 0 aliphatic heterocycles. The number of nitro groups is 1. The third-order valence-electron chi connectivity index (χ3n) is 3.20. The van der Waals surface area contributed by atoms with Crippen LogP contribution in [-0.2, 0) is 10.1 Å². The van der Waals surface area contributed by atoms with Gasteiger partial charge in [0.2, 0.25) is 0 Å². The Kier molecular flexibility index (Phi) is 4.91. The summed E-state index contributed by atoms with van der Waals surface area (Å²) in [5.41, 5.74) is -1.80. The average molecular weight is 382 g/mol. The van der Waals surface area contributed by atoms with Crippen LogP contribution in [0, 0.1) is 10.1 Å². The molecule has 0 saturated heterocycles. The zero-order valence-corrected chi connectivity index (χ0v) is 13.4. The van der Waals surface area contributed by atoms with Gasteiger partial charge in [-0.1, -0.05) is 0 Å². The smallest absolute Gasteiger partial charge is 0.339 e. The number of nitrogens with one attached hydrogen (secondary N) is 1. The second-order valence-corrected chi connectivity index (χ2v) is 6.33. The van der Waals surface area contributed by atoms with Gasteiger partial charge in [0, 0.05) is 17.7 Å². The standard InChI is InChI=1S/C14H10N2O9S/c17-12-10(14(19)20)5-9(26(23,24)25)6-11(12)15-13(18)7-1-3-8(4-2-7)16(21)22/h1-6,17H,(H,15,18)(H,19,20)(H,23,24,25). The highest BCUT2D eigenvalue weighted by molar-refractivity contribution is 7.85. The number of carbonyl (C=O) groups is 2. The second kappa shape index (κ2) is 6.78. The molecule has 136 valence electrons. The van der Waals surface area contributed by atoms with Crippen LogP contribution in [0.3, 0.4) is 0 Å². The Bertz CT molecular complexity index is 1010. The van der Waals surface area contributed by atoms with Crippen molar-refractivity contribution in [3.8, 4) is 5.75 Å². The maximum atomic E-state index is 12.1. The molecule has 0 saturated carbocycles. The van der Waals surface area contributed by atoms with Crippen LogP contribution < -0.4 is 5.32 Å². The third kappa shape index (κ3) is 3.93. The van der Waals surface area contributed by atoms with Crippen molar-refractivity contribution in [2.75, 3.05) is 5.32 Å². The Hall–Kier alpha value is -3.51. The summed E-state index contributed by atoms with van der Waals surface area (Å²) >= 11 is 0. The largest absolute Gasteiger partial charge is 0.505 e. The summed E-state index contributed by atoms with van der Waals surface area (Å²) in [5.74, 6) is -3.53. The number of nitro benzene ring substituents is 1. The van der Waals surface area contributed by atoms with Crippen LogP contribution in [-0.4, -0.2) is 40.0 Å². The van der Waals surface area contributed by atoms with Crippen molar-refractivity contribution in [3.05, 3.63) is 57.6 Å². The van der Waals surface area contributed by atoms with Crippen molar-refractivity contribution < 1.29 is 37.7 Å². The Morgan fingerprint density at radius 3 is 2.15 bits per heavy atom. The van der Waals surface area contributed by atoms with Gasteiger partial charge in [-0.15, -0.1) is 0 Å². The SMILES string of the molecule is O=C(Nc1cc(S(=O)(=O)O)cc(C(=O)O)c1O)c1ccc([N+](=O)[O-])cc1. The molecule has 0 spiro atoms. The molecular formula is C14H10N2O9S. The van der Waals surface area contributed by atoms with E-state index >= 15 is 0 Å². The van der Waals surface area contributed by atoms with Gasteiger partial charge in [0.05, 0.1) is 15.5 Å². The van der Waals surface area contributed by atoms with Gasteiger partial charge in [-0.25, -0.2) is 4.79 Å². The molecule has 0 atom stereocenters. The van der Waals surface area contributed by atoms with Crippen molar-refractivity contribution in [2.45, 2.75) is 4.90 Å². The first-order valence-corrected chi connectivity index (χ1v) is 8.08. The van der Waals surface area contributed by atoms with Crippen LogP contribution in [0.1, 0.15) is 20.7 Å². The van der Waals surface area contributed by atoms with Crippen LogP contribution in [0.5, 0.6) is 5.75 Å². The van der Waals surface area contributed by atoms with Crippen molar-refractivity contribution in [1.82, 2.24) is 0 Å². The predicted molar refractivity (Wildman–Crippen MR) is 85.9 cm³/mol. The van der Waals surface area contributed by atoms with Gasteiger partial charge >= 0.3 is 5.97 Å². The monoisotopic (exact) mass is 382 g/mol. The van der Waals surface area contributed by atoms with Crippen molar-refractivity contribution in [3.63, 3.8) is 0 Å². The number of aromatic carboxylic acids is 1. The number of rotatable bonds is 5. The molecule has 26 heavy (non-hydrogen) atoms. The lowest BCUT2D eigenvalue weighted by molar-refractivity contribution is -0.384. The number of hydrogen-bond acceptors (Lipinski definition) is 7. The van der Waals surface area contributed by atoms with E-state index in [2.05, 4.69) is 5.32 Å². The van der Waals surface area contributed by atoms with E-state index in [-0.39, 0.29) is 11.3 Å². The number of non-ortho nitro benzene ring substituents is 1. The van der Waals surface area contributed by atoms with Gasteiger partial charge in [-0.2, -0.15) is 8.42 Å². The van der Waals surface area contributed by atoms with E-state index in [9.17, 15) is 33.2 Å². The zero-order chi connectivity index (χ0) is 19.6. The molecule has 11 nitrogen and oxygen atoms in total. The number of amides is 1. The fourth-order valence-electron chi connectivity index (χ4n) is 1.94. The van der Waals surface area contributed by atoms with Crippen LogP contribution >= 0.6 is 0 Å². The Labute approximate surface area is 145 Å². The first-order valence-electron chi connectivity index (χ1n) is 6.64. The van der Waals surface area contributed by atoms with E-state index in [0.29, 0.717) is 12.1 Å². The number of phenols is 1. The fraction of sp³-hybridized carbons (Fsp3) is 0. The summed E-state index contributed by atoms with van der Waals surface area (Å²) < 4.78 is 31.5. The van der Waals surface area contributed by atoms with Crippen molar-refractivity contribution in [2.24, 2.45) is 0 Å². The summed E-state index contributed by atoms with van der Waals surface area (Å²) in [6.07, 6.45) is 0. The lowest BCUT2D eigenvalue weighted by Gasteiger charge is -2.11. The summed E-state index contributed by atoms with van der Waals surface area (Å²) in [4.78, 5) is 32.3.